The highest BCUT2D eigenvalue weighted by atomic mass is 14.9. The van der Waals surface area contributed by atoms with Gasteiger partial charge in [-0.3, -0.25) is 0 Å². The molecule has 0 bridgehead atoms. The third-order valence-corrected chi connectivity index (χ3v) is 4.63. The van der Waals surface area contributed by atoms with Crippen LogP contribution >= 0.6 is 0 Å². The van der Waals surface area contributed by atoms with E-state index in [0.29, 0.717) is 0 Å². The third-order valence-electron chi connectivity index (χ3n) is 4.63. The van der Waals surface area contributed by atoms with Gasteiger partial charge in [-0.25, -0.2) is 0 Å². The van der Waals surface area contributed by atoms with Gasteiger partial charge in [0.1, 0.15) is 5.69 Å². The summed E-state index contributed by atoms with van der Waals surface area (Å²) < 4.78 is 0. The van der Waals surface area contributed by atoms with Gasteiger partial charge in [0.05, 0.1) is 6.54 Å². The number of hydrogen-bond donors (Lipinski definition) is 1. The van der Waals surface area contributed by atoms with E-state index >= 15 is 0 Å². The Labute approximate surface area is 129 Å². The predicted molar refractivity (Wildman–Crippen MR) is 93.2 cm³/mol. The Morgan fingerprint density at radius 2 is 1.76 bits per heavy atom. The molecule has 1 heteroatoms. The molecule has 2 aromatic carbocycles. The molecule has 0 saturated carbocycles. The quantitative estimate of drug-likeness (QED) is 0.736. The standard InChI is InChI=1S/C20H29N/c1-6-20(4,5)19-17-10-8-7-9-16(17)11-12-18(19)21-14-13-15(2)3/h7-12,15,21H,6,13-14H2,1-5H3/p+1. The van der Waals surface area contributed by atoms with Crippen molar-refractivity contribution in [2.75, 3.05) is 6.54 Å². The fourth-order valence-corrected chi connectivity index (χ4v) is 2.96. The van der Waals surface area contributed by atoms with Crippen molar-refractivity contribution in [2.45, 2.75) is 52.9 Å². The molecule has 0 aliphatic rings. The molecule has 21 heavy (non-hydrogen) atoms. The number of benzene rings is 2. The molecule has 0 unspecified atom stereocenters. The number of nitrogens with two attached hydrogens (primary N) is 1. The Morgan fingerprint density at radius 1 is 1.05 bits per heavy atom. The molecule has 0 radical (unpaired) electrons. The highest BCUT2D eigenvalue weighted by molar-refractivity contribution is 5.89. The second-order valence-corrected chi connectivity index (χ2v) is 7.16. The fourth-order valence-electron chi connectivity index (χ4n) is 2.96. The van der Waals surface area contributed by atoms with Gasteiger partial charge in [-0.1, -0.05) is 58.9 Å². The van der Waals surface area contributed by atoms with Crippen molar-refractivity contribution in [1.82, 2.24) is 0 Å². The van der Waals surface area contributed by atoms with E-state index in [0.717, 1.165) is 12.3 Å². The molecular formula is C20H30N+. The molecule has 0 aliphatic carbocycles. The second-order valence-electron chi connectivity index (χ2n) is 7.16. The average molecular weight is 284 g/mol. The van der Waals surface area contributed by atoms with Gasteiger partial charge in [0, 0.05) is 5.56 Å². The van der Waals surface area contributed by atoms with Gasteiger partial charge in [-0.2, -0.15) is 0 Å². The van der Waals surface area contributed by atoms with Crippen molar-refractivity contribution in [1.29, 1.82) is 0 Å². The van der Waals surface area contributed by atoms with Crippen LogP contribution in [0.15, 0.2) is 36.4 Å². The average Bonchev–Trinajstić information content (AvgIpc) is 2.46. The highest BCUT2D eigenvalue weighted by Crippen LogP contribution is 2.36. The summed E-state index contributed by atoms with van der Waals surface area (Å²) in [7, 11) is 0. The van der Waals surface area contributed by atoms with Crippen molar-refractivity contribution in [3.05, 3.63) is 42.0 Å². The smallest absolute Gasteiger partial charge is 0.133 e. The molecule has 0 aliphatic heterocycles. The summed E-state index contributed by atoms with van der Waals surface area (Å²) in [6.07, 6.45) is 2.42. The minimum atomic E-state index is 0.213. The summed E-state index contributed by atoms with van der Waals surface area (Å²) in [4.78, 5) is 0. The lowest BCUT2D eigenvalue weighted by Gasteiger charge is -2.26. The molecule has 0 aromatic heterocycles. The summed E-state index contributed by atoms with van der Waals surface area (Å²) in [6.45, 7) is 12.8. The molecule has 114 valence electrons. The van der Waals surface area contributed by atoms with E-state index in [2.05, 4.69) is 76.3 Å². The van der Waals surface area contributed by atoms with Crippen LogP contribution < -0.4 is 5.32 Å². The Kier molecular flexibility index (Phi) is 5.05. The van der Waals surface area contributed by atoms with Crippen molar-refractivity contribution in [3.63, 3.8) is 0 Å². The highest BCUT2D eigenvalue weighted by Gasteiger charge is 2.26. The van der Waals surface area contributed by atoms with Crippen molar-refractivity contribution < 1.29 is 5.32 Å². The SMILES string of the molecule is CCC(C)(C)c1c([NH2+]CCC(C)C)ccc2ccccc12. The first-order valence-corrected chi connectivity index (χ1v) is 8.31. The minimum Gasteiger partial charge on any atom is -0.314 e. The first-order chi connectivity index (χ1) is 9.95. The van der Waals surface area contributed by atoms with Gasteiger partial charge < -0.3 is 5.32 Å². The Hall–Kier alpha value is -1.34. The zero-order chi connectivity index (χ0) is 15.5. The van der Waals surface area contributed by atoms with Gasteiger partial charge in [0.25, 0.3) is 0 Å². The van der Waals surface area contributed by atoms with E-state index in [9.17, 15) is 0 Å². The fraction of sp³-hybridized carbons (Fsp3) is 0.500. The molecule has 0 atom stereocenters. The van der Waals surface area contributed by atoms with E-state index < -0.39 is 0 Å². The zero-order valence-electron chi connectivity index (χ0n) is 14.2. The Morgan fingerprint density at radius 3 is 2.43 bits per heavy atom. The summed E-state index contributed by atoms with van der Waals surface area (Å²) in [5, 5.41) is 5.22. The van der Waals surface area contributed by atoms with Gasteiger partial charge in [-0.15, -0.1) is 0 Å². The maximum absolute atomic E-state index is 2.44. The third kappa shape index (κ3) is 3.65. The molecule has 2 aromatic rings. The predicted octanol–water partition coefficient (Wildman–Crippen LogP) is 4.77. The van der Waals surface area contributed by atoms with Gasteiger partial charge in [-0.05, 0) is 47.1 Å². The van der Waals surface area contributed by atoms with E-state index in [1.165, 1.54) is 35.0 Å². The zero-order valence-corrected chi connectivity index (χ0v) is 14.2. The van der Waals surface area contributed by atoms with E-state index in [-0.39, 0.29) is 5.41 Å². The lowest BCUT2D eigenvalue weighted by atomic mass is 9.78. The maximum Gasteiger partial charge on any atom is 0.133 e. The molecule has 2 rings (SSSR count). The van der Waals surface area contributed by atoms with Crippen LogP contribution in [0.5, 0.6) is 0 Å². The summed E-state index contributed by atoms with van der Waals surface area (Å²) in [6, 6.07) is 13.4. The van der Waals surface area contributed by atoms with E-state index in [4.69, 9.17) is 0 Å². The van der Waals surface area contributed by atoms with Crippen molar-refractivity contribution in [3.8, 4) is 0 Å². The molecule has 2 N–H and O–H groups in total. The molecule has 0 saturated heterocycles. The molecular weight excluding hydrogens is 254 g/mol. The van der Waals surface area contributed by atoms with Crippen LogP contribution in [0.2, 0.25) is 0 Å². The summed E-state index contributed by atoms with van der Waals surface area (Å²) in [5.41, 5.74) is 3.16. The van der Waals surface area contributed by atoms with E-state index in [1.807, 2.05) is 0 Å². The number of fused-ring (bicyclic) bond motifs is 1. The second kappa shape index (κ2) is 6.62. The van der Waals surface area contributed by atoms with Gasteiger partial charge >= 0.3 is 0 Å². The molecule has 0 fully saturated rings. The van der Waals surface area contributed by atoms with Crippen molar-refractivity contribution >= 4 is 16.5 Å². The minimum absolute atomic E-state index is 0.213. The van der Waals surface area contributed by atoms with Crippen LogP contribution in [-0.4, -0.2) is 6.54 Å². The first-order valence-electron chi connectivity index (χ1n) is 8.31. The molecule has 0 amide bonds. The maximum atomic E-state index is 2.44. The normalized spacial score (nSPS) is 12.3. The lowest BCUT2D eigenvalue weighted by Crippen LogP contribution is -2.78. The van der Waals surface area contributed by atoms with Gasteiger partial charge in [0.2, 0.25) is 0 Å². The number of quaternary nitrogens is 1. The van der Waals surface area contributed by atoms with Gasteiger partial charge in [0.15, 0.2) is 0 Å². The first kappa shape index (κ1) is 16.0. The Balaban J connectivity index is 2.46. The van der Waals surface area contributed by atoms with Crippen LogP contribution in [0.25, 0.3) is 10.8 Å². The Bertz CT molecular complexity index is 596. The van der Waals surface area contributed by atoms with Crippen LogP contribution in [-0.2, 0) is 5.41 Å². The molecule has 1 nitrogen and oxygen atoms in total. The molecule has 0 spiro atoms. The lowest BCUT2D eigenvalue weighted by molar-refractivity contribution is -0.573. The molecule has 0 heterocycles. The largest absolute Gasteiger partial charge is 0.314 e. The summed E-state index contributed by atoms with van der Waals surface area (Å²) in [5.74, 6) is 0.768. The van der Waals surface area contributed by atoms with Crippen LogP contribution in [0, 0.1) is 5.92 Å². The van der Waals surface area contributed by atoms with Crippen LogP contribution in [0.4, 0.5) is 5.69 Å². The van der Waals surface area contributed by atoms with E-state index in [1.54, 1.807) is 0 Å². The van der Waals surface area contributed by atoms with Crippen LogP contribution in [0.3, 0.4) is 0 Å². The number of rotatable bonds is 6. The van der Waals surface area contributed by atoms with Crippen molar-refractivity contribution in [2.24, 2.45) is 5.92 Å². The van der Waals surface area contributed by atoms with Crippen LogP contribution in [0.1, 0.15) is 53.0 Å². The topological polar surface area (TPSA) is 16.6 Å². The monoisotopic (exact) mass is 284 g/mol. The number of hydrogen-bond acceptors (Lipinski definition) is 0. The summed E-state index contributed by atoms with van der Waals surface area (Å²) >= 11 is 0.